The lowest BCUT2D eigenvalue weighted by Crippen LogP contribution is -2.24. The first-order chi connectivity index (χ1) is 9.11. The molecule has 1 aromatic heterocycles. The third-order valence-corrected chi connectivity index (χ3v) is 3.82. The van der Waals surface area contributed by atoms with E-state index in [1.165, 1.54) is 39.0 Å². The minimum Gasteiger partial charge on any atom is -0.465 e. The number of methoxy groups -OCH3 is 1. The Morgan fingerprint density at radius 1 is 1.53 bits per heavy atom. The van der Waals surface area contributed by atoms with Crippen molar-refractivity contribution in [3.05, 3.63) is 17.8 Å². The van der Waals surface area contributed by atoms with Gasteiger partial charge in [-0.1, -0.05) is 12.8 Å². The molecule has 5 nitrogen and oxygen atoms in total. The number of nitrogens with one attached hydrogen (secondary N) is 1. The molecule has 2 rings (SSSR count). The van der Waals surface area contributed by atoms with E-state index in [-0.39, 0.29) is 0 Å². The van der Waals surface area contributed by atoms with Crippen molar-refractivity contribution in [2.24, 2.45) is 5.92 Å². The summed E-state index contributed by atoms with van der Waals surface area (Å²) in [5.41, 5.74) is 6.43. The number of esters is 1. The molecule has 0 bridgehead atoms. The van der Waals surface area contributed by atoms with Crippen molar-refractivity contribution in [1.82, 2.24) is 4.98 Å². The van der Waals surface area contributed by atoms with Crippen LogP contribution in [0, 0.1) is 5.92 Å². The zero-order chi connectivity index (χ0) is 13.8. The molecule has 0 spiro atoms. The largest absolute Gasteiger partial charge is 0.465 e. The lowest BCUT2D eigenvalue weighted by atomic mass is 10.00. The fourth-order valence-electron chi connectivity index (χ4n) is 2.64. The van der Waals surface area contributed by atoms with Crippen LogP contribution in [0.3, 0.4) is 0 Å². The van der Waals surface area contributed by atoms with Crippen molar-refractivity contribution < 1.29 is 9.53 Å². The SMILES string of the molecule is COC(=O)c1cc(NC(C)C2CCCC2)ncc1N. The number of hydrogen-bond donors (Lipinski definition) is 2. The van der Waals surface area contributed by atoms with Gasteiger partial charge in [0, 0.05) is 6.04 Å². The van der Waals surface area contributed by atoms with E-state index >= 15 is 0 Å². The number of aromatic nitrogens is 1. The van der Waals surface area contributed by atoms with Crippen molar-refractivity contribution in [2.45, 2.75) is 38.6 Å². The van der Waals surface area contributed by atoms with Gasteiger partial charge in [0.25, 0.3) is 0 Å². The van der Waals surface area contributed by atoms with E-state index in [4.69, 9.17) is 10.5 Å². The van der Waals surface area contributed by atoms with Crippen LogP contribution in [0.4, 0.5) is 11.5 Å². The monoisotopic (exact) mass is 263 g/mol. The highest BCUT2D eigenvalue weighted by atomic mass is 16.5. The summed E-state index contributed by atoms with van der Waals surface area (Å²) in [6, 6.07) is 2.01. The number of nitrogens with two attached hydrogens (primary N) is 1. The maximum Gasteiger partial charge on any atom is 0.340 e. The average molecular weight is 263 g/mol. The Hall–Kier alpha value is -1.78. The Bertz CT molecular complexity index is 456. The van der Waals surface area contributed by atoms with Crippen LogP contribution in [0.2, 0.25) is 0 Å². The number of hydrogen-bond acceptors (Lipinski definition) is 5. The summed E-state index contributed by atoms with van der Waals surface area (Å²) >= 11 is 0. The van der Waals surface area contributed by atoms with E-state index < -0.39 is 5.97 Å². The molecule has 1 atom stereocenters. The highest BCUT2D eigenvalue weighted by Gasteiger charge is 2.22. The van der Waals surface area contributed by atoms with E-state index in [0.29, 0.717) is 29.0 Å². The lowest BCUT2D eigenvalue weighted by Gasteiger charge is -2.21. The summed E-state index contributed by atoms with van der Waals surface area (Å²) in [5.74, 6) is 0.923. The minimum absolute atomic E-state index is 0.339. The molecule has 1 saturated carbocycles. The molecule has 0 aliphatic heterocycles. The summed E-state index contributed by atoms with van der Waals surface area (Å²) in [5, 5.41) is 3.36. The van der Waals surface area contributed by atoms with Crippen molar-refractivity contribution in [3.8, 4) is 0 Å². The zero-order valence-corrected chi connectivity index (χ0v) is 11.5. The van der Waals surface area contributed by atoms with Crippen LogP contribution >= 0.6 is 0 Å². The first kappa shape index (κ1) is 13.6. The van der Waals surface area contributed by atoms with Gasteiger partial charge in [-0.15, -0.1) is 0 Å². The standard InChI is InChI=1S/C14H21N3O2/c1-9(10-5-3-4-6-10)17-13-7-11(14(18)19-2)12(15)8-16-13/h7-10H,3-6,15H2,1-2H3,(H,16,17). The van der Waals surface area contributed by atoms with Crippen LogP contribution in [0.5, 0.6) is 0 Å². The quantitative estimate of drug-likeness (QED) is 0.816. The Labute approximate surface area is 113 Å². The van der Waals surface area contributed by atoms with E-state index in [2.05, 4.69) is 17.2 Å². The normalized spacial score (nSPS) is 17.2. The Morgan fingerprint density at radius 2 is 2.21 bits per heavy atom. The average Bonchev–Trinajstić information content (AvgIpc) is 2.94. The predicted octanol–water partition coefficient (Wildman–Crippen LogP) is 2.44. The van der Waals surface area contributed by atoms with Gasteiger partial charge in [-0.25, -0.2) is 9.78 Å². The summed E-state index contributed by atoms with van der Waals surface area (Å²) in [6.45, 7) is 2.16. The van der Waals surface area contributed by atoms with Crippen LogP contribution in [-0.4, -0.2) is 24.1 Å². The first-order valence-corrected chi connectivity index (χ1v) is 6.72. The summed E-state index contributed by atoms with van der Waals surface area (Å²) in [6.07, 6.45) is 6.62. The fourth-order valence-corrected chi connectivity index (χ4v) is 2.64. The molecule has 104 valence electrons. The molecule has 0 aromatic carbocycles. The molecule has 1 aliphatic rings. The van der Waals surface area contributed by atoms with Gasteiger partial charge in [0.1, 0.15) is 5.82 Å². The summed E-state index contributed by atoms with van der Waals surface area (Å²) in [7, 11) is 1.34. The van der Waals surface area contributed by atoms with Gasteiger partial charge in [0.2, 0.25) is 0 Å². The second-order valence-electron chi connectivity index (χ2n) is 5.13. The fraction of sp³-hybridized carbons (Fsp3) is 0.571. The van der Waals surface area contributed by atoms with Gasteiger partial charge < -0.3 is 15.8 Å². The molecule has 3 N–H and O–H groups in total. The number of rotatable bonds is 4. The van der Waals surface area contributed by atoms with Gasteiger partial charge in [0.15, 0.2) is 0 Å². The minimum atomic E-state index is -0.434. The molecule has 1 unspecified atom stereocenters. The number of nitrogens with zero attached hydrogens (tertiary/aromatic N) is 1. The smallest absolute Gasteiger partial charge is 0.340 e. The highest BCUT2D eigenvalue weighted by Crippen LogP contribution is 2.29. The number of carbonyl (C=O) groups is 1. The Kier molecular flexibility index (Phi) is 4.24. The second-order valence-corrected chi connectivity index (χ2v) is 5.13. The van der Waals surface area contributed by atoms with E-state index in [9.17, 15) is 4.79 Å². The highest BCUT2D eigenvalue weighted by molar-refractivity contribution is 5.95. The van der Waals surface area contributed by atoms with Gasteiger partial charge in [-0.05, 0) is 31.7 Å². The van der Waals surface area contributed by atoms with Gasteiger partial charge in [-0.3, -0.25) is 0 Å². The topological polar surface area (TPSA) is 77.2 Å². The van der Waals surface area contributed by atoms with Crippen LogP contribution in [0.15, 0.2) is 12.3 Å². The van der Waals surface area contributed by atoms with Crippen LogP contribution < -0.4 is 11.1 Å². The van der Waals surface area contributed by atoms with Crippen LogP contribution in [0.1, 0.15) is 43.0 Å². The first-order valence-electron chi connectivity index (χ1n) is 6.72. The maximum absolute atomic E-state index is 11.6. The van der Waals surface area contributed by atoms with Crippen molar-refractivity contribution in [1.29, 1.82) is 0 Å². The van der Waals surface area contributed by atoms with E-state index in [0.717, 1.165) is 0 Å². The molecule has 0 radical (unpaired) electrons. The number of anilines is 2. The molecule has 1 heterocycles. The molecule has 1 aromatic rings. The molecule has 1 aliphatic carbocycles. The van der Waals surface area contributed by atoms with E-state index in [1.54, 1.807) is 6.07 Å². The molecular formula is C14H21N3O2. The third kappa shape index (κ3) is 3.16. The van der Waals surface area contributed by atoms with Gasteiger partial charge in [-0.2, -0.15) is 0 Å². The van der Waals surface area contributed by atoms with Gasteiger partial charge in [0.05, 0.1) is 24.6 Å². The molecular weight excluding hydrogens is 242 g/mol. The Balaban J connectivity index is 2.10. The number of nitrogen functional groups attached to an aromatic ring is 1. The molecule has 5 heteroatoms. The van der Waals surface area contributed by atoms with Crippen molar-refractivity contribution in [2.75, 3.05) is 18.2 Å². The summed E-state index contributed by atoms with van der Waals surface area (Å²) in [4.78, 5) is 15.8. The van der Waals surface area contributed by atoms with Crippen molar-refractivity contribution in [3.63, 3.8) is 0 Å². The third-order valence-electron chi connectivity index (χ3n) is 3.82. The number of pyridine rings is 1. The Morgan fingerprint density at radius 3 is 2.84 bits per heavy atom. The second kappa shape index (κ2) is 5.91. The van der Waals surface area contributed by atoms with Crippen LogP contribution in [-0.2, 0) is 4.74 Å². The van der Waals surface area contributed by atoms with Gasteiger partial charge >= 0.3 is 5.97 Å². The maximum atomic E-state index is 11.6. The van der Waals surface area contributed by atoms with E-state index in [1.807, 2.05) is 0 Å². The van der Waals surface area contributed by atoms with Crippen molar-refractivity contribution >= 4 is 17.5 Å². The zero-order valence-electron chi connectivity index (χ0n) is 11.5. The summed E-state index contributed by atoms with van der Waals surface area (Å²) < 4.78 is 4.70. The predicted molar refractivity (Wildman–Crippen MR) is 75.0 cm³/mol. The molecule has 1 fully saturated rings. The molecule has 19 heavy (non-hydrogen) atoms. The number of carbonyl (C=O) groups excluding carboxylic acids is 1. The molecule has 0 saturated heterocycles. The molecule has 0 amide bonds. The van der Waals surface area contributed by atoms with Crippen LogP contribution in [0.25, 0.3) is 0 Å². The number of ether oxygens (including phenoxy) is 1. The lowest BCUT2D eigenvalue weighted by molar-refractivity contribution is 0.0602.